The highest BCUT2D eigenvalue weighted by Crippen LogP contribution is 2.42. The van der Waals surface area contributed by atoms with Gasteiger partial charge in [0.15, 0.2) is 0 Å². The molecule has 1 aromatic rings. The van der Waals surface area contributed by atoms with Gasteiger partial charge in [0.05, 0.1) is 5.60 Å². The molecule has 0 aliphatic carbocycles. The lowest BCUT2D eigenvalue weighted by Gasteiger charge is -2.44. The number of amides is 3. The maximum atomic E-state index is 12.6. The van der Waals surface area contributed by atoms with Crippen LogP contribution in [0.25, 0.3) is 0 Å². The third kappa shape index (κ3) is 4.10. The second kappa shape index (κ2) is 7.89. The van der Waals surface area contributed by atoms with Crippen LogP contribution in [-0.2, 0) is 16.0 Å². The van der Waals surface area contributed by atoms with Gasteiger partial charge in [0.2, 0.25) is 0 Å². The molecule has 0 bridgehead atoms. The number of hydrogen-bond acceptors (Lipinski definition) is 3. The molecule has 2 saturated heterocycles. The fourth-order valence-electron chi connectivity index (χ4n) is 4.15. The van der Waals surface area contributed by atoms with Crippen molar-refractivity contribution in [3.63, 3.8) is 0 Å². The number of aryl methyl sites for hydroxylation is 1. The molecule has 1 N–H and O–H groups in total. The molecule has 1 aromatic carbocycles. The highest BCUT2D eigenvalue weighted by molar-refractivity contribution is 5.89. The summed E-state index contributed by atoms with van der Waals surface area (Å²) in [4.78, 5) is 28.3. The number of carbonyl (C=O) groups is 2. The van der Waals surface area contributed by atoms with Crippen molar-refractivity contribution >= 4 is 17.6 Å². The lowest BCUT2D eigenvalue weighted by molar-refractivity contribution is -0.153. The summed E-state index contributed by atoms with van der Waals surface area (Å²) in [6.45, 7) is 5.52. The van der Waals surface area contributed by atoms with Gasteiger partial charge in [-0.25, -0.2) is 4.79 Å². The van der Waals surface area contributed by atoms with E-state index >= 15 is 0 Å². The SMILES string of the molecule is CCc1ccc(NC(=O)N2CC[C@@]3(CCC(C(=O)N(C)C)O3)[C@H](C)C2)cc1. The first-order valence-electron chi connectivity index (χ1n) is 9.88. The number of likely N-dealkylation sites (N-methyl/N-ethyl adjacent to an activating group) is 1. The number of carbonyl (C=O) groups excluding carboxylic acids is 2. The third-order valence-corrected chi connectivity index (χ3v) is 6.02. The van der Waals surface area contributed by atoms with E-state index in [-0.39, 0.29) is 29.6 Å². The number of rotatable bonds is 3. The number of piperidine rings is 1. The number of anilines is 1. The van der Waals surface area contributed by atoms with Crippen LogP contribution < -0.4 is 5.32 Å². The molecular weight excluding hydrogens is 342 g/mol. The van der Waals surface area contributed by atoms with Gasteiger partial charge in [-0.1, -0.05) is 26.0 Å². The number of likely N-dealkylation sites (tertiary alicyclic amines) is 1. The predicted molar refractivity (Wildman–Crippen MR) is 106 cm³/mol. The number of nitrogens with zero attached hydrogens (tertiary/aromatic N) is 2. The zero-order valence-corrected chi connectivity index (χ0v) is 16.8. The molecule has 2 aliphatic rings. The molecule has 6 heteroatoms. The van der Waals surface area contributed by atoms with E-state index in [1.807, 2.05) is 29.2 Å². The van der Waals surface area contributed by atoms with Crippen molar-refractivity contribution in [3.8, 4) is 0 Å². The van der Waals surface area contributed by atoms with Gasteiger partial charge in [-0.15, -0.1) is 0 Å². The van der Waals surface area contributed by atoms with Crippen molar-refractivity contribution in [3.05, 3.63) is 29.8 Å². The zero-order chi connectivity index (χ0) is 19.6. The van der Waals surface area contributed by atoms with Gasteiger partial charge in [0, 0.05) is 38.8 Å². The predicted octanol–water partition coefficient (Wildman–Crippen LogP) is 3.13. The molecule has 148 valence electrons. The summed E-state index contributed by atoms with van der Waals surface area (Å²) >= 11 is 0. The molecule has 0 radical (unpaired) electrons. The van der Waals surface area contributed by atoms with Crippen LogP contribution in [0.5, 0.6) is 0 Å². The monoisotopic (exact) mass is 373 g/mol. The van der Waals surface area contributed by atoms with Crippen molar-refractivity contribution in [2.24, 2.45) is 5.92 Å². The highest BCUT2D eigenvalue weighted by Gasteiger charge is 2.49. The maximum absolute atomic E-state index is 12.6. The molecule has 6 nitrogen and oxygen atoms in total. The van der Waals surface area contributed by atoms with Crippen LogP contribution in [0, 0.1) is 5.92 Å². The Labute approximate surface area is 161 Å². The molecule has 27 heavy (non-hydrogen) atoms. The lowest BCUT2D eigenvalue weighted by Crippen LogP contribution is -2.53. The topological polar surface area (TPSA) is 61.9 Å². The molecule has 0 aromatic heterocycles. The fourth-order valence-corrected chi connectivity index (χ4v) is 4.15. The summed E-state index contributed by atoms with van der Waals surface area (Å²) in [5.74, 6) is 0.231. The summed E-state index contributed by atoms with van der Waals surface area (Å²) in [7, 11) is 3.53. The van der Waals surface area contributed by atoms with Crippen LogP contribution >= 0.6 is 0 Å². The summed E-state index contributed by atoms with van der Waals surface area (Å²) < 4.78 is 6.25. The smallest absolute Gasteiger partial charge is 0.321 e. The average Bonchev–Trinajstić information content (AvgIpc) is 3.09. The first-order chi connectivity index (χ1) is 12.8. The van der Waals surface area contributed by atoms with Crippen molar-refractivity contribution < 1.29 is 14.3 Å². The highest BCUT2D eigenvalue weighted by atomic mass is 16.5. The standard InChI is InChI=1S/C21H31N3O3/c1-5-16-6-8-17(9-7-16)22-20(26)24-13-12-21(15(2)14-24)11-10-18(27-21)19(25)23(3)4/h6-9,15,18H,5,10-14H2,1-4H3,(H,22,26)/t15-,18?,21+/m1/s1. The maximum Gasteiger partial charge on any atom is 0.321 e. The third-order valence-electron chi connectivity index (χ3n) is 6.02. The Hall–Kier alpha value is -2.08. The number of urea groups is 1. The molecule has 3 atom stereocenters. The van der Waals surface area contributed by atoms with Gasteiger partial charge in [0.25, 0.3) is 5.91 Å². The van der Waals surface area contributed by atoms with Crippen LogP contribution in [0.4, 0.5) is 10.5 Å². The van der Waals surface area contributed by atoms with Gasteiger partial charge in [-0.3, -0.25) is 4.79 Å². The van der Waals surface area contributed by atoms with E-state index in [0.29, 0.717) is 13.1 Å². The Morgan fingerprint density at radius 3 is 2.56 bits per heavy atom. The van der Waals surface area contributed by atoms with Crippen LogP contribution in [-0.4, -0.2) is 60.6 Å². The number of benzene rings is 1. The molecule has 1 unspecified atom stereocenters. The van der Waals surface area contributed by atoms with Crippen LogP contribution in [0.1, 0.15) is 38.7 Å². The molecule has 1 spiro atoms. The number of nitrogens with one attached hydrogen (secondary N) is 1. The molecule has 2 heterocycles. The minimum atomic E-state index is -0.347. The van der Waals surface area contributed by atoms with E-state index in [1.54, 1.807) is 19.0 Å². The molecule has 3 amide bonds. The van der Waals surface area contributed by atoms with Gasteiger partial charge in [-0.05, 0) is 43.4 Å². The number of ether oxygens (including phenoxy) is 1. The first-order valence-corrected chi connectivity index (χ1v) is 9.88. The van der Waals surface area contributed by atoms with Crippen molar-refractivity contribution in [2.75, 3.05) is 32.5 Å². The number of hydrogen-bond donors (Lipinski definition) is 1. The second-order valence-corrected chi connectivity index (χ2v) is 8.02. The normalized spacial score (nSPS) is 27.6. The molecule has 2 aliphatic heterocycles. The van der Waals surface area contributed by atoms with Crippen molar-refractivity contribution in [2.45, 2.75) is 51.2 Å². The van der Waals surface area contributed by atoms with E-state index in [9.17, 15) is 9.59 Å². The van der Waals surface area contributed by atoms with E-state index < -0.39 is 0 Å². The Morgan fingerprint density at radius 2 is 1.96 bits per heavy atom. The Balaban J connectivity index is 1.58. The van der Waals surface area contributed by atoms with Crippen molar-refractivity contribution in [1.82, 2.24) is 9.80 Å². The Morgan fingerprint density at radius 1 is 1.26 bits per heavy atom. The zero-order valence-electron chi connectivity index (χ0n) is 16.8. The van der Waals surface area contributed by atoms with Gasteiger partial charge in [0.1, 0.15) is 6.10 Å². The second-order valence-electron chi connectivity index (χ2n) is 8.02. The van der Waals surface area contributed by atoms with Gasteiger partial charge < -0.3 is 19.9 Å². The Kier molecular flexibility index (Phi) is 5.75. The molecule has 0 saturated carbocycles. The van der Waals surface area contributed by atoms with E-state index in [0.717, 1.165) is 31.4 Å². The molecule has 2 fully saturated rings. The van der Waals surface area contributed by atoms with E-state index in [1.165, 1.54) is 5.56 Å². The lowest BCUT2D eigenvalue weighted by atomic mass is 9.80. The minimum Gasteiger partial charge on any atom is -0.362 e. The van der Waals surface area contributed by atoms with Crippen molar-refractivity contribution in [1.29, 1.82) is 0 Å². The van der Waals surface area contributed by atoms with Gasteiger partial charge in [-0.2, -0.15) is 0 Å². The molecular formula is C21H31N3O3. The minimum absolute atomic E-state index is 0.0368. The Bertz CT molecular complexity index is 688. The summed E-state index contributed by atoms with van der Waals surface area (Å²) in [5.41, 5.74) is 1.79. The van der Waals surface area contributed by atoms with Crippen LogP contribution in [0.15, 0.2) is 24.3 Å². The summed E-state index contributed by atoms with van der Waals surface area (Å²) in [5, 5.41) is 2.99. The van der Waals surface area contributed by atoms with Crippen LogP contribution in [0.3, 0.4) is 0 Å². The van der Waals surface area contributed by atoms with Gasteiger partial charge >= 0.3 is 6.03 Å². The summed E-state index contributed by atoms with van der Waals surface area (Å²) in [6.07, 6.45) is 3.05. The van der Waals surface area contributed by atoms with Crippen LogP contribution in [0.2, 0.25) is 0 Å². The average molecular weight is 373 g/mol. The molecule has 3 rings (SSSR count). The van der Waals surface area contributed by atoms with E-state index in [2.05, 4.69) is 19.2 Å². The fraction of sp³-hybridized carbons (Fsp3) is 0.619. The van der Waals surface area contributed by atoms with E-state index in [4.69, 9.17) is 4.74 Å². The largest absolute Gasteiger partial charge is 0.362 e. The summed E-state index contributed by atoms with van der Waals surface area (Å²) in [6, 6.07) is 7.90. The quantitative estimate of drug-likeness (QED) is 0.885. The first kappa shape index (κ1) is 19.7.